The molecular formula is C14H20ClN3O2. The lowest BCUT2D eigenvalue weighted by Gasteiger charge is -2.33. The fourth-order valence-electron chi connectivity index (χ4n) is 2.65. The number of halogens is 1. The number of nitro groups is 1. The third-order valence-electron chi connectivity index (χ3n) is 4.01. The summed E-state index contributed by atoms with van der Waals surface area (Å²) in [6.45, 7) is 4.35. The van der Waals surface area contributed by atoms with Crippen molar-refractivity contribution in [2.75, 3.05) is 25.5 Å². The monoisotopic (exact) mass is 297 g/mol. The number of hydrogen-bond donors (Lipinski definition) is 1. The second kappa shape index (κ2) is 6.41. The van der Waals surface area contributed by atoms with E-state index in [1.54, 1.807) is 12.1 Å². The molecule has 1 fully saturated rings. The third kappa shape index (κ3) is 3.61. The maximum absolute atomic E-state index is 10.9. The summed E-state index contributed by atoms with van der Waals surface area (Å²) in [5.74, 6) is 0.598. The highest BCUT2D eigenvalue weighted by atomic mass is 35.5. The van der Waals surface area contributed by atoms with Crippen molar-refractivity contribution in [2.24, 2.45) is 5.92 Å². The van der Waals surface area contributed by atoms with Gasteiger partial charge in [-0.2, -0.15) is 0 Å². The first-order valence-corrected chi connectivity index (χ1v) is 7.24. The van der Waals surface area contributed by atoms with Gasteiger partial charge in [-0.15, -0.1) is 0 Å². The van der Waals surface area contributed by atoms with Crippen molar-refractivity contribution < 1.29 is 4.92 Å². The lowest BCUT2D eigenvalue weighted by molar-refractivity contribution is -0.384. The molecule has 1 aliphatic rings. The van der Waals surface area contributed by atoms with Crippen LogP contribution in [0.1, 0.15) is 19.8 Å². The van der Waals surface area contributed by atoms with Crippen LogP contribution in [0.15, 0.2) is 18.2 Å². The van der Waals surface area contributed by atoms with Gasteiger partial charge in [0, 0.05) is 17.8 Å². The standard InChI is InChI=1S/C14H20ClN3O2/c1-10(11-5-7-17(2)8-6-11)16-12-3-4-13(15)14(9-12)18(19)20/h3-4,9-11,16H,5-8H2,1-2H3. The number of likely N-dealkylation sites (tertiary alicyclic amines) is 1. The Labute approximate surface area is 124 Å². The predicted molar refractivity (Wildman–Crippen MR) is 81.4 cm³/mol. The maximum Gasteiger partial charge on any atom is 0.289 e. The van der Waals surface area contributed by atoms with Crippen molar-refractivity contribution in [3.05, 3.63) is 33.3 Å². The minimum Gasteiger partial charge on any atom is -0.382 e. The largest absolute Gasteiger partial charge is 0.382 e. The van der Waals surface area contributed by atoms with Crippen LogP contribution in [0.4, 0.5) is 11.4 Å². The summed E-state index contributed by atoms with van der Waals surface area (Å²) < 4.78 is 0. The molecule has 1 atom stereocenters. The van der Waals surface area contributed by atoms with Crippen molar-refractivity contribution in [1.82, 2.24) is 4.90 Å². The zero-order valence-corrected chi connectivity index (χ0v) is 12.6. The van der Waals surface area contributed by atoms with Crippen molar-refractivity contribution in [3.8, 4) is 0 Å². The molecule has 1 aromatic rings. The van der Waals surface area contributed by atoms with Crippen LogP contribution in [-0.4, -0.2) is 36.0 Å². The van der Waals surface area contributed by atoms with Crippen LogP contribution in [0.25, 0.3) is 0 Å². The number of hydrogen-bond acceptors (Lipinski definition) is 4. The van der Waals surface area contributed by atoms with E-state index in [9.17, 15) is 10.1 Å². The van der Waals surface area contributed by atoms with Crippen LogP contribution >= 0.6 is 11.6 Å². The van der Waals surface area contributed by atoms with E-state index in [2.05, 4.69) is 24.2 Å². The van der Waals surface area contributed by atoms with Gasteiger partial charge in [0.15, 0.2) is 0 Å². The second-order valence-electron chi connectivity index (χ2n) is 5.50. The van der Waals surface area contributed by atoms with Crippen molar-refractivity contribution in [3.63, 3.8) is 0 Å². The summed E-state index contributed by atoms with van der Waals surface area (Å²) in [5.41, 5.74) is 0.708. The molecule has 0 spiro atoms. The molecule has 1 N–H and O–H groups in total. The first kappa shape index (κ1) is 15.1. The smallest absolute Gasteiger partial charge is 0.289 e. The van der Waals surface area contributed by atoms with Gasteiger partial charge in [0.1, 0.15) is 5.02 Å². The highest BCUT2D eigenvalue weighted by Crippen LogP contribution is 2.29. The lowest BCUT2D eigenvalue weighted by atomic mass is 9.90. The summed E-state index contributed by atoms with van der Waals surface area (Å²) in [7, 11) is 2.14. The van der Waals surface area contributed by atoms with Crippen LogP contribution in [0, 0.1) is 16.0 Å². The summed E-state index contributed by atoms with van der Waals surface area (Å²) in [6, 6.07) is 5.17. The molecule has 2 rings (SSSR count). The molecule has 1 unspecified atom stereocenters. The van der Waals surface area contributed by atoms with E-state index < -0.39 is 4.92 Å². The van der Waals surface area contributed by atoms with Crippen LogP contribution < -0.4 is 5.32 Å². The fraction of sp³-hybridized carbons (Fsp3) is 0.571. The highest BCUT2D eigenvalue weighted by molar-refractivity contribution is 6.32. The topological polar surface area (TPSA) is 58.4 Å². The number of anilines is 1. The molecule has 6 heteroatoms. The second-order valence-corrected chi connectivity index (χ2v) is 5.90. The number of piperidine rings is 1. The summed E-state index contributed by atoms with van der Waals surface area (Å²) in [5, 5.41) is 14.4. The van der Waals surface area contributed by atoms with Gasteiger partial charge in [-0.05, 0) is 58.0 Å². The zero-order chi connectivity index (χ0) is 14.7. The Bertz CT molecular complexity index is 487. The minimum atomic E-state index is -0.451. The van der Waals surface area contributed by atoms with Gasteiger partial charge in [0.05, 0.1) is 4.92 Å². The van der Waals surface area contributed by atoms with Gasteiger partial charge < -0.3 is 10.2 Å². The number of nitro benzene ring substituents is 1. The number of nitrogens with zero attached hydrogens (tertiary/aromatic N) is 2. The number of benzene rings is 1. The first-order valence-electron chi connectivity index (χ1n) is 6.86. The molecule has 0 aromatic heterocycles. The zero-order valence-electron chi connectivity index (χ0n) is 11.8. The van der Waals surface area contributed by atoms with E-state index in [1.807, 2.05) is 0 Å². The summed E-state index contributed by atoms with van der Waals surface area (Å²) >= 11 is 5.82. The maximum atomic E-state index is 10.9. The van der Waals surface area contributed by atoms with Crippen molar-refractivity contribution in [2.45, 2.75) is 25.8 Å². The van der Waals surface area contributed by atoms with E-state index in [4.69, 9.17) is 11.6 Å². The summed E-state index contributed by atoms with van der Waals surface area (Å²) in [4.78, 5) is 12.8. The fourth-order valence-corrected chi connectivity index (χ4v) is 2.84. The molecule has 1 aliphatic heterocycles. The van der Waals surface area contributed by atoms with Gasteiger partial charge in [-0.25, -0.2) is 0 Å². The first-order chi connectivity index (χ1) is 9.47. The number of nitrogens with one attached hydrogen (secondary N) is 1. The molecule has 0 saturated carbocycles. The Morgan fingerprint density at radius 2 is 2.10 bits per heavy atom. The SMILES string of the molecule is CC(Nc1ccc(Cl)c([N+](=O)[O-])c1)C1CCN(C)CC1. The Morgan fingerprint density at radius 1 is 1.45 bits per heavy atom. The average molecular weight is 298 g/mol. The van der Waals surface area contributed by atoms with Crippen molar-refractivity contribution >= 4 is 23.0 Å². The quantitative estimate of drug-likeness (QED) is 0.683. The molecule has 5 nitrogen and oxygen atoms in total. The molecule has 0 radical (unpaired) electrons. The normalized spacial score (nSPS) is 18.8. The van der Waals surface area contributed by atoms with Crippen molar-refractivity contribution in [1.29, 1.82) is 0 Å². The Kier molecular flexibility index (Phi) is 4.83. The van der Waals surface area contributed by atoms with Crippen LogP contribution in [0.3, 0.4) is 0 Å². The average Bonchev–Trinajstić information content (AvgIpc) is 2.41. The van der Waals surface area contributed by atoms with Crippen LogP contribution in [0.5, 0.6) is 0 Å². The lowest BCUT2D eigenvalue weighted by Crippen LogP contribution is -2.37. The van der Waals surface area contributed by atoms with Gasteiger partial charge in [-0.1, -0.05) is 11.6 Å². The Hall–Kier alpha value is -1.33. The molecule has 1 aromatic carbocycles. The molecule has 0 bridgehead atoms. The molecule has 0 amide bonds. The van der Waals surface area contributed by atoms with E-state index >= 15 is 0 Å². The molecule has 1 saturated heterocycles. The molecule has 110 valence electrons. The Balaban J connectivity index is 2.02. The van der Waals surface area contributed by atoms with E-state index in [-0.39, 0.29) is 10.7 Å². The highest BCUT2D eigenvalue weighted by Gasteiger charge is 2.22. The molecule has 1 heterocycles. The van der Waals surface area contributed by atoms with Gasteiger partial charge in [-0.3, -0.25) is 10.1 Å². The van der Waals surface area contributed by atoms with E-state index in [1.165, 1.54) is 6.07 Å². The summed E-state index contributed by atoms with van der Waals surface area (Å²) in [6.07, 6.45) is 2.31. The number of rotatable bonds is 4. The van der Waals surface area contributed by atoms with Gasteiger partial charge in [0.2, 0.25) is 0 Å². The van der Waals surface area contributed by atoms with Crippen LogP contribution in [0.2, 0.25) is 5.02 Å². The molecule has 0 aliphatic carbocycles. The molecular weight excluding hydrogens is 278 g/mol. The van der Waals surface area contributed by atoms with Gasteiger partial charge >= 0.3 is 0 Å². The minimum absolute atomic E-state index is 0.0488. The van der Waals surface area contributed by atoms with E-state index in [0.29, 0.717) is 12.0 Å². The van der Waals surface area contributed by atoms with Crippen LogP contribution in [-0.2, 0) is 0 Å². The Morgan fingerprint density at radius 3 is 2.70 bits per heavy atom. The predicted octanol–water partition coefficient (Wildman–Crippen LogP) is 3.39. The van der Waals surface area contributed by atoms with E-state index in [0.717, 1.165) is 31.6 Å². The molecule has 20 heavy (non-hydrogen) atoms. The van der Waals surface area contributed by atoms with Gasteiger partial charge in [0.25, 0.3) is 5.69 Å². The third-order valence-corrected chi connectivity index (χ3v) is 4.33.